The molecule has 3 aromatic rings. The van der Waals surface area contributed by atoms with Gasteiger partial charge in [0, 0.05) is 11.3 Å². The molecule has 1 aromatic heterocycles. The molecule has 140 valence electrons. The zero-order valence-corrected chi connectivity index (χ0v) is 16.1. The van der Waals surface area contributed by atoms with Crippen LogP contribution in [0.25, 0.3) is 0 Å². The average Bonchev–Trinajstić information content (AvgIpc) is 3.11. The Kier molecular flexibility index (Phi) is 6.52. The summed E-state index contributed by atoms with van der Waals surface area (Å²) in [6.45, 7) is 1.95. The van der Waals surface area contributed by atoms with E-state index in [1.54, 1.807) is 0 Å². The van der Waals surface area contributed by atoms with Gasteiger partial charge in [-0.1, -0.05) is 60.4 Å². The molecule has 1 atom stereocenters. The third kappa shape index (κ3) is 5.11. The fourth-order valence-electron chi connectivity index (χ4n) is 2.56. The van der Waals surface area contributed by atoms with Crippen molar-refractivity contribution in [3.05, 3.63) is 71.3 Å². The summed E-state index contributed by atoms with van der Waals surface area (Å²) in [6.07, 6.45) is 0.662. The summed E-state index contributed by atoms with van der Waals surface area (Å²) in [7, 11) is 0. The van der Waals surface area contributed by atoms with E-state index in [0.29, 0.717) is 15.9 Å². The third-order valence-corrected chi connectivity index (χ3v) is 5.94. The summed E-state index contributed by atoms with van der Waals surface area (Å²) in [5.41, 5.74) is 1.20. The minimum Gasteiger partial charge on any atom is -0.300 e. The van der Waals surface area contributed by atoms with E-state index in [1.165, 1.54) is 23.1 Å². The van der Waals surface area contributed by atoms with Gasteiger partial charge in [-0.2, -0.15) is 0 Å². The topological polar surface area (TPSA) is 54.9 Å². The molecule has 2 aromatic carbocycles. The first-order chi connectivity index (χ1) is 13.1. The lowest BCUT2D eigenvalue weighted by Gasteiger charge is -2.13. The zero-order chi connectivity index (χ0) is 19.2. The standard InChI is InChI=1S/C19H17F2N3OS2/c1-2-15(12-6-4-3-5-7-12)17(25)22-18-23-24-19(27-18)26-11-13-10-14(20)8-9-16(13)21/h3-10,15H,2,11H2,1H3,(H,22,23,25). The number of nitrogens with one attached hydrogen (secondary N) is 1. The molecule has 27 heavy (non-hydrogen) atoms. The summed E-state index contributed by atoms with van der Waals surface area (Å²) in [5, 5.41) is 11.1. The zero-order valence-electron chi connectivity index (χ0n) is 14.5. The average molecular weight is 405 g/mol. The van der Waals surface area contributed by atoms with Crippen LogP contribution in [0, 0.1) is 11.6 Å². The second-order valence-electron chi connectivity index (χ2n) is 5.76. The molecule has 0 radical (unpaired) electrons. The number of thioether (sulfide) groups is 1. The van der Waals surface area contributed by atoms with Crippen molar-refractivity contribution in [3.8, 4) is 0 Å². The van der Waals surface area contributed by atoms with Crippen LogP contribution in [0.1, 0.15) is 30.4 Å². The molecule has 0 saturated heterocycles. The molecule has 8 heteroatoms. The Morgan fingerprint density at radius 2 is 1.96 bits per heavy atom. The van der Waals surface area contributed by atoms with Gasteiger partial charge in [-0.15, -0.1) is 10.2 Å². The number of hydrogen-bond acceptors (Lipinski definition) is 5. The number of halogens is 2. The largest absolute Gasteiger partial charge is 0.300 e. The van der Waals surface area contributed by atoms with Crippen LogP contribution < -0.4 is 5.32 Å². The first-order valence-electron chi connectivity index (χ1n) is 8.33. The van der Waals surface area contributed by atoms with Crippen molar-refractivity contribution in [2.45, 2.75) is 29.4 Å². The van der Waals surface area contributed by atoms with E-state index in [0.717, 1.165) is 23.8 Å². The second kappa shape index (κ2) is 9.05. The van der Waals surface area contributed by atoms with Crippen LogP contribution >= 0.6 is 23.1 Å². The van der Waals surface area contributed by atoms with Crippen molar-refractivity contribution in [2.75, 3.05) is 5.32 Å². The van der Waals surface area contributed by atoms with Crippen LogP contribution in [0.5, 0.6) is 0 Å². The summed E-state index contributed by atoms with van der Waals surface area (Å²) >= 11 is 2.45. The number of amides is 1. The first-order valence-corrected chi connectivity index (χ1v) is 10.1. The summed E-state index contributed by atoms with van der Waals surface area (Å²) < 4.78 is 27.5. The highest BCUT2D eigenvalue weighted by Crippen LogP contribution is 2.30. The highest BCUT2D eigenvalue weighted by atomic mass is 32.2. The summed E-state index contributed by atoms with van der Waals surface area (Å²) in [4.78, 5) is 12.5. The van der Waals surface area contributed by atoms with Gasteiger partial charge >= 0.3 is 0 Å². The molecule has 0 aliphatic carbocycles. The van der Waals surface area contributed by atoms with E-state index in [-0.39, 0.29) is 23.1 Å². The van der Waals surface area contributed by atoms with Crippen LogP contribution in [0.15, 0.2) is 52.9 Å². The molecule has 1 amide bonds. The van der Waals surface area contributed by atoms with Gasteiger partial charge < -0.3 is 0 Å². The third-order valence-electron chi connectivity index (χ3n) is 3.92. The van der Waals surface area contributed by atoms with Crippen molar-refractivity contribution >= 4 is 34.1 Å². The lowest BCUT2D eigenvalue weighted by Crippen LogP contribution is -2.20. The minimum absolute atomic E-state index is 0.146. The van der Waals surface area contributed by atoms with Gasteiger partial charge in [-0.3, -0.25) is 10.1 Å². The van der Waals surface area contributed by atoms with Crippen molar-refractivity contribution in [1.82, 2.24) is 10.2 Å². The number of nitrogens with zero attached hydrogens (tertiary/aromatic N) is 2. The molecule has 1 unspecified atom stereocenters. The molecular weight excluding hydrogens is 388 g/mol. The molecule has 0 fully saturated rings. The van der Waals surface area contributed by atoms with Crippen molar-refractivity contribution in [3.63, 3.8) is 0 Å². The Bertz CT molecular complexity index is 918. The van der Waals surface area contributed by atoms with Crippen LogP contribution in [-0.4, -0.2) is 16.1 Å². The quantitative estimate of drug-likeness (QED) is 0.431. The summed E-state index contributed by atoms with van der Waals surface area (Å²) in [6, 6.07) is 12.9. The molecule has 0 saturated carbocycles. The van der Waals surface area contributed by atoms with Crippen LogP contribution in [0.4, 0.5) is 13.9 Å². The van der Waals surface area contributed by atoms with Gasteiger partial charge in [0.05, 0.1) is 5.92 Å². The number of carbonyl (C=O) groups excluding carboxylic acids is 1. The van der Waals surface area contributed by atoms with E-state index in [1.807, 2.05) is 37.3 Å². The molecule has 0 bridgehead atoms. The predicted octanol–water partition coefficient (Wildman–Crippen LogP) is 5.24. The second-order valence-corrected chi connectivity index (χ2v) is 7.96. The molecule has 1 N–H and O–H groups in total. The number of aromatic nitrogens is 2. The van der Waals surface area contributed by atoms with Crippen LogP contribution in [-0.2, 0) is 10.5 Å². The number of carbonyl (C=O) groups is 1. The Labute approximate surface area is 164 Å². The maximum Gasteiger partial charge on any atom is 0.233 e. The monoisotopic (exact) mass is 405 g/mol. The fourth-order valence-corrected chi connectivity index (χ4v) is 4.29. The van der Waals surface area contributed by atoms with Crippen molar-refractivity contribution < 1.29 is 13.6 Å². The van der Waals surface area contributed by atoms with E-state index in [4.69, 9.17) is 0 Å². The number of benzene rings is 2. The van der Waals surface area contributed by atoms with Gasteiger partial charge in [-0.25, -0.2) is 8.78 Å². The molecule has 0 spiro atoms. The van der Waals surface area contributed by atoms with Gasteiger partial charge in [0.25, 0.3) is 0 Å². The maximum absolute atomic E-state index is 13.7. The Morgan fingerprint density at radius 1 is 1.19 bits per heavy atom. The SMILES string of the molecule is CCC(C(=O)Nc1nnc(SCc2cc(F)ccc2F)s1)c1ccccc1. The molecule has 0 aliphatic heterocycles. The van der Waals surface area contributed by atoms with Crippen molar-refractivity contribution in [1.29, 1.82) is 0 Å². The van der Waals surface area contributed by atoms with Crippen LogP contribution in [0.3, 0.4) is 0 Å². The van der Waals surface area contributed by atoms with Gasteiger partial charge in [0.2, 0.25) is 11.0 Å². The van der Waals surface area contributed by atoms with Gasteiger partial charge in [-0.05, 0) is 30.2 Å². The lowest BCUT2D eigenvalue weighted by atomic mass is 9.96. The molecule has 3 rings (SSSR count). The normalized spacial score (nSPS) is 12.0. The Balaban J connectivity index is 1.62. The van der Waals surface area contributed by atoms with Crippen molar-refractivity contribution in [2.24, 2.45) is 0 Å². The van der Waals surface area contributed by atoms with E-state index in [9.17, 15) is 13.6 Å². The Morgan fingerprint density at radius 3 is 2.70 bits per heavy atom. The highest BCUT2D eigenvalue weighted by molar-refractivity contribution is 8.00. The first kappa shape index (κ1) is 19.4. The molecule has 1 heterocycles. The molecule has 0 aliphatic rings. The highest BCUT2D eigenvalue weighted by Gasteiger charge is 2.20. The van der Waals surface area contributed by atoms with Crippen LogP contribution in [0.2, 0.25) is 0 Å². The molecule has 4 nitrogen and oxygen atoms in total. The maximum atomic E-state index is 13.7. The van der Waals surface area contributed by atoms with Gasteiger partial charge in [0.1, 0.15) is 11.6 Å². The lowest BCUT2D eigenvalue weighted by molar-refractivity contribution is -0.117. The number of rotatable bonds is 7. The number of hydrogen-bond donors (Lipinski definition) is 1. The smallest absolute Gasteiger partial charge is 0.233 e. The van der Waals surface area contributed by atoms with Gasteiger partial charge in [0.15, 0.2) is 4.34 Å². The minimum atomic E-state index is -0.483. The number of anilines is 1. The van der Waals surface area contributed by atoms with E-state index in [2.05, 4.69) is 15.5 Å². The van der Waals surface area contributed by atoms with E-state index >= 15 is 0 Å². The van der Waals surface area contributed by atoms with E-state index < -0.39 is 11.6 Å². The molecular formula is C19H17F2N3OS2. The fraction of sp³-hybridized carbons (Fsp3) is 0.211. The predicted molar refractivity (Wildman–Crippen MR) is 104 cm³/mol. The summed E-state index contributed by atoms with van der Waals surface area (Å²) in [5.74, 6) is -1.13. The Hall–Kier alpha value is -2.32.